The molecular formula is C8H15N3O6. The lowest BCUT2D eigenvalue weighted by atomic mass is 10.00. The molecule has 17 heavy (non-hydrogen) atoms. The van der Waals surface area contributed by atoms with E-state index in [0.29, 0.717) is 0 Å². The molecule has 4 atom stereocenters. The van der Waals surface area contributed by atoms with Crippen LogP contribution in [-0.4, -0.2) is 58.7 Å². The van der Waals surface area contributed by atoms with Gasteiger partial charge in [0, 0.05) is 17.9 Å². The minimum absolute atomic E-state index is 0.00412. The van der Waals surface area contributed by atoms with E-state index in [9.17, 15) is 25.1 Å². The topological polar surface area (TPSA) is 148 Å². The number of ether oxygens (including phenoxy) is 1. The van der Waals surface area contributed by atoms with Crippen LogP contribution in [0.1, 0.15) is 6.42 Å². The average molecular weight is 249 g/mol. The molecule has 98 valence electrons. The van der Waals surface area contributed by atoms with Gasteiger partial charge in [0.1, 0.15) is 0 Å². The smallest absolute Gasteiger partial charge is 0.246 e. The van der Waals surface area contributed by atoms with Gasteiger partial charge in [0.15, 0.2) is 12.4 Å². The fourth-order valence-corrected chi connectivity index (χ4v) is 1.57. The Balaban J connectivity index is 2.52. The Morgan fingerprint density at radius 3 is 2.76 bits per heavy atom. The van der Waals surface area contributed by atoms with Crippen molar-refractivity contribution in [1.82, 2.24) is 5.32 Å². The van der Waals surface area contributed by atoms with Gasteiger partial charge in [0.25, 0.3) is 0 Å². The molecule has 3 unspecified atom stereocenters. The molecule has 0 bridgehead atoms. The van der Waals surface area contributed by atoms with Crippen molar-refractivity contribution in [3.8, 4) is 0 Å². The predicted molar refractivity (Wildman–Crippen MR) is 54.4 cm³/mol. The number of carbonyl (C=O) groups is 1. The molecule has 0 spiro atoms. The van der Waals surface area contributed by atoms with Crippen molar-refractivity contribution in [2.24, 2.45) is 5.73 Å². The Labute approximate surface area is 96.7 Å². The van der Waals surface area contributed by atoms with Crippen LogP contribution in [0.5, 0.6) is 0 Å². The van der Waals surface area contributed by atoms with Crippen molar-refractivity contribution in [3.05, 3.63) is 10.1 Å². The van der Waals surface area contributed by atoms with Crippen LogP contribution in [0.4, 0.5) is 0 Å². The zero-order chi connectivity index (χ0) is 13.0. The number of nitrogens with one attached hydrogen (secondary N) is 1. The minimum Gasteiger partial charge on any atom is -0.381 e. The Hall–Kier alpha value is -1.29. The third-order valence-corrected chi connectivity index (χ3v) is 2.51. The average Bonchev–Trinajstić information content (AvgIpc) is 2.29. The monoisotopic (exact) mass is 249 g/mol. The van der Waals surface area contributed by atoms with E-state index in [0.717, 1.165) is 0 Å². The zero-order valence-corrected chi connectivity index (χ0v) is 8.98. The second kappa shape index (κ2) is 5.87. The van der Waals surface area contributed by atoms with E-state index in [4.69, 9.17) is 10.5 Å². The maximum absolute atomic E-state index is 10.9. The van der Waals surface area contributed by atoms with Crippen molar-refractivity contribution in [2.75, 3.05) is 13.1 Å². The van der Waals surface area contributed by atoms with E-state index in [1.165, 1.54) is 0 Å². The molecule has 1 fully saturated rings. The van der Waals surface area contributed by atoms with E-state index in [2.05, 4.69) is 5.32 Å². The number of aliphatic hydroxyl groups excluding tert-OH is 2. The van der Waals surface area contributed by atoms with Crippen molar-refractivity contribution in [2.45, 2.75) is 31.0 Å². The molecule has 1 rings (SSSR count). The summed E-state index contributed by atoms with van der Waals surface area (Å²) < 4.78 is 4.92. The summed E-state index contributed by atoms with van der Waals surface area (Å²) in [6.45, 7) is -0.194. The van der Waals surface area contributed by atoms with Gasteiger partial charge in [-0.05, 0) is 0 Å². The number of hydrogen-bond donors (Lipinski definition) is 4. The number of aliphatic hydroxyl groups is 2. The number of nitro groups is 1. The number of nitrogens with two attached hydrogens (primary N) is 1. The fraction of sp³-hybridized carbons (Fsp3) is 0.875. The summed E-state index contributed by atoms with van der Waals surface area (Å²) in [7, 11) is 0. The normalized spacial score (nSPS) is 33.1. The third kappa shape index (κ3) is 3.60. The van der Waals surface area contributed by atoms with Gasteiger partial charge >= 0.3 is 0 Å². The van der Waals surface area contributed by atoms with Gasteiger partial charge in [0.05, 0.1) is 12.6 Å². The van der Waals surface area contributed by atoms with Crippen molar-refractivity contribution in [1.29, 1.82) is 0 Å². The fourth-order valence-electron chi connectivity index (χ4n) is 1.57. The highest BCUT2D eigenvalue weighted by molar-refractivity contribution is 5.77. The zero-order valence-electron chi connectivity index (χ0n) is 8.98. The molecule has 0 radical (unpaired) electrons. The summed E-state index contributed by atoms with van der Waals surface area (Å²) in [5.41, 5.74) is 5.06. The number of nitrogens with zero attached hydrogens (tertiary/aromatic N) is 1. The highest BCUT2D eigenvalue weighted by Gasteiger charge is 2.43. The SMILES string of the molecule is NCC(=O)NCC1CC([N+](=O)[O-])C(O)[C@H](O)O1. The third-order valence-electron chi connectivity index (χ3n) is 2.51. The van der Waals surface area contributed by atoms with Crippen molar-refractivity contribution in [3.63, 3.8) is 0 Å². The Kier molecular flexibility index (Phi) is 4.75. The number of hydrogen-bond acceptors (Lipinski definition) is 7. The van der Waals surface area contributed by atoms with Crippen LogP contribution < -0.4 is 11.1 Å². The largest absolute Gasteiger partial charge is 0.381 e. The summed E-state index contributed by atoms with van der Waals surface area (Å²) in [6, 6.07) is -1.31. The van der Waals surface area contributed by atoms with E-state index in [1.807, 2.05) is 0 Å². The van der Waals surface area contributed by atoms with Gasteiger partial charge in [-0.3, -0.25) is 14.9 Å². The van der Waals surface area contributed by atoms with Gasteiger partial charge in [-0.2, -0.15) is 0 Å². The van der Waals surface area contributed by atoms with E-state index in [1.54, 1.807) is 0 Å². The maximum atomic E-state index is 10.9. The molecule has 5 N–H and O–H groups in total. The molecule has 1 amide bonds. The second-order valence-electron chi connectivity index (χ2n) is 3.74. The van der Waals surface area contributed by atoms with Gasteiger partial charge in [0.2, 0.25) is 11.9 Å². The number of carbonyl (C=O) groups excluding carboxylic acids is 1. The lowest BCUT2D eigenvalue weighted by Crippen LogP contribution is -2.54. The van der Waals surface area contributed by atoms with Crippen LogP contribution in [0.2, 0.25) is 0 Å². The van der Waals surface area contributed by atoms with Crippen LogP contribution in [0.25, 0.3) is 0 Å². The van der Waals surface area contributed by atoms with E-state index < -0.39 is 35.4 Å². The molecule has 1 aliphatic heterocycles. The first kappa shape index (κ1) is 13.8. The maximum Gasteiger partial charge on any atom is 0.246 e. The summed E-state index contributed by atoms with van der Waals surface area (Å²) in [4.78, 5) is 20.8. The van der Waals surface area contributed by atoms with Gasteiger partial charge < -0.3 is 26.0 Å². The van der Waals surface area contributed by atoms with Gasteiger partial charge in [-0.25, -0.2) is 0 Å². The number of amides is 1. The van der Waals surface area contributed by atoms with Crippen molar-refractivity contribution >= 4 is 5.91 Å². The molecule has 9 heteroatoms. The molecule has 1 aliphatic rings. The van der Waals surface area contributed by atoms with E-state index in [-0.39, 0.29) is 19.5 Å². The van der Waals surface area contributed by atoms with Crippen LogP contribution >= 0.6 is 0 Å². The molecule has 0 aromatic carbocycles. The summed E-state index contributed by atoms with van der Waals surface area (Å²) in [5, 5.41) is 31.6. The molecule has 0 saturated carbocycles. The first-order valence-electron chi connectivity index (χ1n) is 5.07. The quantitative estimate of drug-likeness (QED) is 0.310. The van der Waals surface area contributed by atoms with E-state index >= 15 is 0 Å². The lowest BCUT2D eigenvalue weighted by Gasteiger charge is -2.32. The highest BCUT2D eigenvalue weighted by atomic mass is 16.6. The van der Waals surface area contributed by atoms with Crippen LogP contribution in [0, 0.1) is 10.1 Å². The molecule has 1 heterocycles. The molecule has 0 aliphatic carbocycles. The van der Waals surface area contributed by atoms with Crippen molar-refractivity contribution < 1.29 is 24.7 Å². The highest BCUT2D eigenvalue weighted by Crippen LogP contribution is 2.20. The Bertz CT molecular complexity index is 299. The summed E-state index contributed by atoms with van der Waals surface area (Å²) >= 11 is 0. The minimum atomic E-state index is -1.63. The predicted octanol–water partition coefficient (Wildman–Crippen LogP) is -2.83. The van der Waals surface area contributed by atoms with Gasteiger partial charge in [-0.15, -0.1) is 0 Å². The Morgan fingerprint density at radius 2 is 2.24 bits per heavy atom. The number of rotatable bonds is 4. The molecule has 1 saturated heterocycles. The summed E-state index contributed by atoms with van der Waals surface area (Å²) in [6.07, 6.45) is -4.00. The second-order valence-corrected chi connectivity index (χ2v) is 3.74. The Morgan fingerprint density at radius 1 is 1.59 bits per heavy atom. The van der Waals surface area contributed by atoms with Gasteiger partial charge in [-0.1, -0.05) is 0 Å². The first-order chi connectivity index (χ1) is 7.95. The molecule has 0 aromatic heterocycles. The summed E-state index contributed by atoms with van der Waals surface area (Å²) in [5.74, 6) is -0.424. The van der Waals surface area contributed by atoms with Crippen LogP contribution in [-0.2, 0) is 9.53 Å². The standard InChI is InChI=1S/C8H15N3O6/c9-2-6(12)10-3-4-1-5(11(15)16)7(13)8(14)17-4/h4-5,7-8,13-14H,1-3,9H2,(H,10,12)/t4?,5?,7?,8-/m1/s1. The van der Waals surface area contributed by atoms with Crippen LogP contribution in [0.15, 0.2) is 0 Å². The van der Waals surface area contributed by atoms with Crippen LogP contribution in [0.3, 0.4) is 0 Å². The lowest BCUT2D eigenvalue weighted by molar-refractivity contribution is -0.550. The first-order valence-corrected chi connectivity index (χ1v) is 5.07. The molecule has 0 aromatic rings. The molecular weight excluding hydrogens is 234 g/mol. The molecule has 9 nitrogen and oxygen atoms in total.